The standard InChI is InChI=1S/C14H19N3O/c1-11-5-4-6-12(9-11)10-13-16-14(18-17-13)7-2-3-8-15/h4-6,9H,2-3,7-8,10,15H2,1H3. The molecule has 4 heteroatoms. The van der Waals surface area contributed by atoms with E-state index in [2.05, 4.69) is 35.3 Å². The summed E-state index contributed by atoms with van der Waals surface area (Å²) in [4.78, 5) is 4.39. The molecule has 0 radical (unpaired) electrons. The molecule has 0 unspecified atom stereocenters. The molecular formula is C14H19N3O. The Hall–Kier alpha value is -1.68. The van der Waals surface area contributed by atoms with Crippen LogP contribution in [0.15, 0.2) is 28.8 Å². The monoisotopic (exact) mass is 245 g/mol. The van der Waals surface area contributed by atoms with Gasteiger partial charge in [0, 0.05) is 12.8 Å². The number of aromatic nitrogens is 2. The number of hydrogen-bond donors (Lipinski definition) is 1. The van der Waals surface area contributed by atoms with Crippen molar-refractivity contribution in [2.75, 3.05) is 6.54 Å². The summed E-state index contributed by atoms with van der Waals surface area (Å²) in [6.07, 6.45) is 3.54. The van der Waals surface area contributed by atoms with Gasteiger partial charge >= 0.3 is 0 Å². The molecule has 4 nitrogen and oxygen atoms in total. The van der Waals surface area contributed by atoms with E-state index in [0.717, 1.165) is 31.5 Å². The molecule has 0 aliphatic rings. The van der Waals surface area contributed by atoms with Crippen LogP contribution in [0.4, 0.5) is 0 Å². The van der Waals surface area contributed by atoms with Gasteiger partial charge in [0.05, 0.1) is 0 Å². The van der Waals surface area contributed by atoms with Crippen LogP contribution in [0.1, 0.15) is 35.7 Å². The van der Waals surface area contributed by atoms with Crippen molar-refractivity contribution in [1.82, 2.24) is 10.1 Å². The highest BCUT2D eigenvalue weighted by Gasteiger charge is 2.06. The normalized spacial score (nSPS) is 10.8. The van der Waals surface area contributed by atoms with E-state index in [1.807, 2.05) is 6.07 Å². The van der Waals surface area contributed by atoms with E-state index in [1.54, 1.807) is 0 Å². The first kappa shape index (κ1) is 12.8. The zero-order chi connectivity index (χ0) is 12.8. The van der Waals surface area contributed by atoms with Crippen molar-refractivity contribution in [1.29, 1.82) is 0 Å². The summed E-state index contributed by atoms with van der Waals surface area (Å²) >= 11 is 0. The fourth-order valence-electron chi connectivity index (χ4n) is 1.89. The Kier molecular flexibility index (Phi) is 4.47. The van der Waals surface area contributed by atoms with Crippen molar-refractivity contribution in [2.45, 2.75) is 32.6 Å². The van der Waals surface area contributed by atoms with Gasteiger partial charge in [0.2, 0.25) is 5.89 Å². The van der Waals surface area contributed by atoms with E-state index in [1.165, 1.54) is 11.1 Å². The first-order chi connectivity index (χ1) is 8.78. The number of nitrogens with zero attached hydrogens (tertiary/aromatic N) is 2. The van der Waals surface area contributed by atoms with E-state index in [-0.39, 0.29) is 0 Å². The molecule has 0 bridgehead atoms. The van der Waals surface area contributed by atoms with Crippen molar-refractivity contribution in [3.05, 3.63) is 47.1 Å². The molecule has 0 aliphatic carbocycles. The number of nitrogens with two attached hydrogens (primary N) is 1. The summed E-state index contributed by atoms with van der Waals surface area (Å²) < 4.78 is 5.21. The summed E-state index contributed by atoms with van der Waals surface area (Å²) in [6.45, 7) is 2.79. The van der Waals surface area contributed by atoms with E-state index < -0.39 is 0 Å². The molecule has 1 aromatic carbocycles. The van der Waals surface area contributed by atoms with Gasteiger partial charge in [0.25, 0.3) is 0 Å². The third-order valence-corrected chi connectivity index (χ3v) is 2.80. The summed E-state index contributed by atoms with van der Waals surface area (Å²) in [7, 11) is 0. The molecule has 0 spiro atoms. The number of unbranched alkanes of at least 4 members (excludes halogenated alkanes) is 1. The van der Waals surface area contributed by atoms with Crippen LogP contribution in [0.5, 0.6) is 0 Å². The van der Waals surface area contributed by atoms with Crippen LogP contribution in [0.25, 0.3) is 0 Å². The van der Waals surface area contributed by atoms with Crippen molar-refractivity contribution in [3.63, 3.8) is 0 Å². The molecule has 0 aliphatic heterocycles. The molecule has 2 rings (SSSR count). The Morgan fingerprint density at radius 1 is 1.28 bits per heavy atom. The molecule has 96 valence electrons. The number of aryl methyl sites for hydroxylation is 2. The fraction of sp³-hybridized carbons (Fsp3) is 0.429. The minimum absolute atomic E-state index is 0.713. The molecule has 1 aromatic heterocycles. The Labute approximate surface area is 107 Å². The Morgan fingerprint density at radius 2 is 2.17 bits per heavy atom. The highest BCUT2D eigenvalue weighted by atomic mass is 16.5. The zero-order valence-corrected chi connectivity index (χ0v) is 10.7. The Morgan fingerprint density at radius 3 is 2.94 bits per heavy atom. The van der Waals surface area contributed by atoms with Gasteiger partial charge < -0.3 is 10.3 Å². The lowest BCUT2D eigenvalue weighted by atomic mass is 10.1. The SMILES string of the molecule is Cc1cccc(Cc2noc(CCCCN)n2)c1. The van der Waals surface area contributed by atoms with E-state index in [4.69, 9.17) is 10.3 Å². The van der Waals surface area contributed by atoms with Crippen LogP contribution >= 0.6 is 0 Å². The minimum atomic E-state index is 0.713. The van der Waals surface area contributed by atoms with E-state index >= 15 is 0 Å². The molecule has 18 heavy (non-hydrogen) atoms. The third-order valence-electron chi connectivity index (χ3n) is 2.80. The van der Waals surface area contributed by atoms with Gasteiger partial charge in [-0.15, -0.1) is 0 Å². The van der Waals surface area contributed by atoms with Gasteiger partial charge in [-0.25, -0.2) is 0 Å². The van der Waals surface area contributed by atoms with Crippen molar-refractivity contribution >= 4 is 0 Å². The number of benzene rings is 1. The molecule has 0 saturated heterocycles. The summed E-state index contributed by atoms with van der Waals surface area (Å²) in [5, 5.41) is 4.00. The van der Waals surface area contributed by atoms with Crippen LogP contribution in [-0.2, 0) is 12.8 Å². The average molecular weight is 245 g/mol. The topological polar surface area (TPSA) is 64.9 Å². The molecule has 2 aromatic rings. The lowest BCUT2D eigenvalue weighted by Crippen LogP contribution is -1.99. The maximum atomic E-state index is 5.45. The highest BCUT2D eigenvalue weighted by Crippen LogP contribution is 2.10. The maximum absolute atomic E-state index is 5.45. The second kappa shape index (κ2) is 6.31. The van der Waals surface area contributed by atoms with Crippen LogP contribution < -0.4 is 5.73 Å². The highest BCUT2D eigenvalue weighted by molar-refractivity contribution is 5.24. The van der Waals surface area contributed by atoms with Gasteiger partial charge in [-0.1, -0.05) is 35.0 Å². The van der Waals surface area contributed by atoms with Crippen molar-refractivity contribution < 1.29 is 4.52 Å². The Balaban J connectivity index is 1.94. The van der Waals surface area contributed by atoms with Gasteiger partial charge in [-0.3, -0.25) is 0 Å². The molecular weight excluding hydrogens is 226 g/mol. The molecule has 0 amide bonds. The van der Waals surface area contributed by atoms with E-state index in [0.29, 0.717) is 12.4 Å². The predicted molar refractivity (Wildman–Crippen MR) is 70.3 cm³/mol. The van der Waals surface area contributed by atoms with Gasteiger partial charge in [-0.2, -0.15) is 4.98 Å². The molecule has 0 atom stereocenters. The average Bonchev–Trinajstić information content (AvgIpc) is 2.77. The van der Waals surface area contributed by atoms with Crippen LogP contribution in [0, 0.1) is 6.92 Å². The quantitative estimate of drug-likeness (QED) is 0.793. The Bertz CT molecular complexity index is 493. The largest absolute Gasteiger partial charge is 0.339 e. The number of hydrogen-bond acceptors (Lipinski definition) is 4. The first-order valence-corrected chi connectivity index (χ1v) is 6.35. The summed E-state index contributed by atoms with van der Waals surface area (Å²) in [5.41, 5.74) is 7.91. The van der Waals surface area contributed by atoms with Gasteiger partial charge in [0.1, 0.15) is 0 Å². The fourth-order valence-corrected chi connectivity index (χ4v) is 1.89. The molecule has 0 fully saturated rings. The van der Waals surface area contributed by atoms with Crippen LogP contribution in [0.3, 0.4) is 0 Å². The second-order valence-corrected chi connectivity index (χ2v) is 4.52. The lowest BCUT2D eigenvalue weighted by molar-refractivity contribution is 0.370. The smallest absolute Gasteiger partial charge is 0.226 e. The second-order valence-electron chi connectivity index (χ2n) is 4.52. The maximum Gasteiger partial charge on any atom is 0.226 e. The van der Waals surface area contributed by atoms with Crippen molar-refractivity contribution in [2.24, 2.45) is 5.73 Å². The number of rotatable bonds is 6. The van der Waals surface area contributed by atoms with Gasteiger partial charge in [-0.05, 0) is 31.9 Å². The first-order valence-electron chi connectivity index (χ1n) is 6.35. The third kappa shape index (κ3) is 3.67. The molecule has 1 heterocycles. The molecule has 0 saturated carbocycles. The predicted octanol–water partition coefficient (Wildman–Crippen LogP) is 2.25. The summed E-state index contributed by atoms with van der Waals surface area (Å²) in [5.74, 6) is 1.47. The zero-order valence-electron chi connectivity index (χ0n) is 10.7. The lowest BCUT2D eigenvalue weighted by Gasteiger charge is -1.97. The van der Waals surface area contributed by atoms with Crippen molar-refractivity contribution in [3.8, 4) is 0 Å². The van der Waals surface area contributed by atoms with Crippen LogP contribution in [-0.4, -0.2) is 16.7 Å². The van der Waals surface area contributed by atoms with Crippen LogP contribution in [0.2, 0.25) is 0 Å². The van der Waals surface area contributed by atoms with Gasteiger partial charge in [0.15, 0.2) is 5.82 Å². The van der Waals surface area contributed by atoms with E-state index in [9.17, 15) is 0 Å². The summed E-state index contributed by atoms with van der Waals surface area (Å²) in [6, 6.07) is 8.35. The molecule has 2 N–H and O–H groups in total. The minimum Gasteiger partial charge on any atom is -0.339 e.